The maximum atomic E-state index is 6.78. The number of hydrogen-bond donors (Lipinski definition) is 4. The Balaban J connectivity index is 1.63. The SMILES string of the molecule is CCC1=CC(N(N)C2NC3=CC=CCC3NC2N(N)c2cccc(CC)c2)CCC1. The summed E-state index contributed by atoms with van der Waals surface area (Å²) in [5, 5.41) is 11.3. The Hall–Kier alpha value is -2.12. The third-order valence-corrected chi connectivity index (χ3v) is 6.65. The van der Waals surface area contributed by atoms with Crippen LogP contribution in [0.15, 0.2) is 59.8 Å². The van der Waals surface area contributed by atoms with Crippen molar-refractivity contribution in [3.8, 4) is 0 Å². The van der Waals surface area contributed by atoms with Gasteiger partial charge in [0, 0.05) is 11.7 Å². The first-order valence-corrected chi connectivity index (χ1v) is 11.4. The minimum absolute atomic E-state index is 0.147. The number of benzene rings is 1. The molecule has 6 nitrogen and oxygen atoms in total. The molecule has 162 valence electrons. The van der Waals surface area contributed by atoms with Gasteiger partial charge in [0.1, 0.15) is 12.3 Å². The number of rotatable bonds is 6. The lowest BCUT2D eigenvalue weighted by atomic mass is 9.93. The summed E-state index contributed by atoms with van der Waals surface area (Å²) < 4.78 is 0. The standard InChI is InChI=1S/C24H36N6/c1-3-17-9-7-11-19(15-17)29(25)23-24(28-22-14-6-5-13-21(22)27-23)30(26)20-12-8-10-18(4-2)16-20/h5-7,9,11,14-16,20-21,23-24,27-28H,3-4,8,10,12-13,25-26H2,1-2H3. The Kier molecular flexibility index (Phi) is 6.58. The molecule has 4 atom stereocenters. The molecule has 0 aromatic heterocycles. The molecular formula is C24H36N6. The van der Waals surface area contributed by atoms with E-state index >= 15 is 0 Å². The van der Waals surface area contributed by atoms with Crippen LogP contribution in [0.3, 0.4) is 0 Å². The van der Waals surface area contributed by atoms with Gasteiger partial charge in [-0.2, -0.15) is 0 Å². The molecule has 1 aromatic rings. The van der Waals surface area contributed by atoms with Gasteiger partial charge in [0.25, 0.3) is 0 Å². The molecule has 1 aliphatic heterocycles. The van der Waals surface area contributed by atoms with Crippen LogP contribution in [0.2, 0.25) is 0 Å². The number of aryl methyl sites for hydroxylation is 1. The van der Waals surface area contributed by atoms with Gasteiger partial charge in [0.15, 0.2) is 0 Å². The number of nitrogens with two attached hydrogens (primary N) is 2. The van der Waals surface area contributed by atoms with Crippen molar-refractivity contribution in [3.63, 3.8) is 0 Å². The molecule has 4 rings (SSSR count). The van der Waals surface area contributed by atoms with Crippen LogP contribution in [0, 0.1) is 0 Å². The number of allylic oxidation sites excluding steroid dienone is 3. The highest BCUT2D eigenvalue weighted by Crippen LogP contribution is 2.28. The number of piperazine rings is 1. The van der Waals surface area contributed by atoms with Crippen LogP contribution in [0.4, 0.5) is 5.69 Å². The molecule has 3 aliphatic rings. The molecule has 1 saturated heterocycles. The van der Waals surface area contributed by atoms with Crippen molar-refractivity contribution in [2.24, 2.45) is 11.7 Å². The fourth-order valence-corrected chi connectivity index (χ4v) is 4.76. The fourth-order valence-electron chi connectivity index (χ4n) is 4.76. The van der Waals surface area contributed by atoms with Gasteiger partial charge in [-0.25, -0.2) is 10.9 Å². The highest BCUT2D eigenvalue weighted by Gasteiger charge is 2.40. The number of nitrogens with one attached hydrogen (secondary N) is 2. The lowest BCUT2D eigenvalue weighted by molar-refractivity contribution is 0.0770. The van der Waals surface area contributed by atoms with Crippen molar-refractivity contribution < 1.29 is 0 Å². The van der Waals surface area contributed by atoms with Crippen LogP contribution in [-0.2, 0) is 6.42 Å². The summed E-state index contributed by atoms with van der Waals surface area (Å²) in [5.74, 6) is 13.5. The summed E-state index contributed by atoms with van der Waals surface area (Å²) in [6.07, 6.45) is 15.0. The van der Waals surface area contributed by atoms with Gasteiger partial charge >= 0.3 is 0 Å². The lowest BCUT2D eigenvalue weighted by Gasteiger charge is -2.49. The normalized spacial score (nSPS) is 28.4. The molecule has 6 N–H and O–H groups in total. The van der Waals surface area contributed by atoms with Crippen LogP contribution in [0.25, 0.3) is 0 Å². The first-order valence-electron chi connectivity index (χ1n) is 11.4. The van der Waals surface area contributed by atoms with E-state index in [4.69, 9.17) is 11.7 Å². The second kappa shape index (κ2) is 9.35. The van der Waals surface area contributed by atoms with Crippen LogP contribution in [0.1, 0.15) is 51.5 Å². The van der Waals surface area contributed by atoms with E-state index in [0.29, 0.717) is 0 Å². The summed E-state index contributed by atoms with van der Waals surface area (Å²) in [6, 6.07) is 8.89. The summed E-state index contributed by atoms with van der Waals surface area (Å²) >= 11 is 0. The molecule has 0 amide bonds. The van der Waals surface area contributed by atoms with Crippen molar-refractivity contribution in [2.45, 2.75) is 76.8 Å². The van der Waals surface area contributed by atoms with Gasteiger partial charge < -0.3 is 5.32 Å². The second-order valence-electron chi connectivity index (χ2n) is 8.56. The molecule has 0 spiro atoms. The third kappa shape index (κ3) is 4.32. The van der Waals surface area contributed by atoms with E-state index in [1.807, 2.05) is 10.0 Å². The Labute approximate surface area is 180 Å². The summed E-state index contributed by atoms with van der Waals surface area (Å²) in [7, 11) is 0. The highest BCUT2D eigenvalue weighted by molar-refractivity contribution is 5.49. The first kappa shape index (κ1) is 21.1. The third-order valence-electron chi connectivity index (χ3n) is 6.65. The largest absolute Gasteiger partial charge is 0.368 e. The zero-order valence-corrected chi connectivity index (χ0v) is 18.2. The molecule has 2 aliphatic carbocycles. The minimum Gasteiger partial charge on any atom is -0.368 e. The zero-order chi connectivity index (χ0) is 21.1. The minimum atomic E-state index is -0.156. The van der Waals surface area contributed by atoms with Crippen LogP contribution < -0.4 is 27.3 Å². The van der Waals surface area contributed by atoms with E-state index in [9.17, 15) is 0 Å². The van der Waals surface area contributed by atoms with E-state index in [1.165, 1.54) is 29.7 Å². The van der Waals surface area contributed by atoms with Gasteiger partial charge in [-0.1, -0.05) is 49.8 Å². The molecule has 30 heavy (non-hydrogen) atoms. The van der Waals surface area contributed by atoms with Crippen LogP contribution >= 0.6 is 0 Å². The molecular weight excluding hydrogens is 372 g/mol. The molecule has 1 fully saturated rings. The molecule has 0 radical (unpaired) electrons. The average molecular weight is 409 g/mol. The molecule has 1 heterocycles. The predicted molar refractivity (Wildman–Crippen MR) is 124 cm³/mol. The Morgan fingerprint density at radius 2 is 2.00 bits per heavy atom. The van der Waals surface area contributed by atoms with Crippen LogP contribution in [0.5, 0.6) is 0 Å². The lowest BCUT2D eigenvalue weighted by Crippen LogP contribution is -2.74. The number of anilines is 1. The summed E-state index contributed by atoms with van der Waals surface area (Å²) in [6.45, 7) is 4.39. The van der Waals surface area contributed by atoms with E-state index in [1.54, 1.807) is 0 Å². The van der Waals surface area contributed by atoms with Crippen molar-refractivity contribution in [1.82, 2.24) is 15.6 Å². The first-order chi connectivity index (χ1) is 14.6. The maximum absolute atomic E-state index is 6.78. The summed E-state index contributed by atoms with van der Waals surface area (Å²) in [4.78, 5) is 0. The molecule has 0 saturated carbocycles. The number of nitrogens with zero attached hydrogens (tertiary/aromatic N) is 2. The zero-order valence-electron chi connectivity index (χ0n) is 18.2. The Morgan fingerprint density at radius 3 is 2.80 bits per heavy atom. The molecule has 1 aromatic carbocycles. The maximum Gasteiger partial charge on any atom is 0.130 e. The second-order valence-corrected chi connectivity index (χ2v) is 8.56. The van der Waals surface area contributed by atoms with Gasteiger partial charge in [0.2, 0.25) is 0 Å². The fraction of sp³-hybridized carbons (Fsp3) is 0.500. The Bertz CT molecular complexity index is 829. The topological polar surface area (TPSA) is 82.6 Å². The smallest absolute Gasteiger partial charge is 0.130 e. The van der Waals surface area contributed by atoms with E-state index in [-0.39, 0.29) is 24.4 Å². The molecule has 4 unspecified atom stereocenters. The summed E-state index contributed by atoms with van der Waals surface area (Å²) in [5.41, 5.74) is 4.96. The van der Waals surface area contributed by atoms with Crippen molar-refractivity contribution in [3.05, 3.63) is 65.4 Å². The van der Waals surface area contributed by atoms with E-state index in [2.05, 4.69) is 73.1 Å². The predicted octanol–water partition coefficient (Wildman–Crippen LogP) is 3.05. The van der Waals surface area contributed by atoms with E-state index in [0.717, 1.165) is 31.4 Å². The van der Waals surface area contributed by atoms with E-state index < -0.39 is 0 Å². The average Bonchev–Trinajstić information content (AvgIpc) is 2.82. The van der Waals surface area contributed by atoms with Crippen molar-refractivity contribution >= 4 is 5.69 Å². The van der Waals surface area contributed by atoms with Gasteiger partial charge in [-0.05, 0) is 62.3 Å². The van der Waals surface area contributed by atoms with Gasteiger partial charge in [-0.15, -0.1) is 0 Å². The van der Waals surface area contributed by atoms with Gasteiger partial charge in [-0.3, -0.25) is 16.2 Å². The van der Waals surface area contributed by atoms with Crippen molar-refractivity contribution in [2.75, 3.05) is 5.01 Å². The quantitative estimate of drug-likeness (QED) is 0.329. The number of fused-ring (bicyclic) bond motifs is 1. The van der Waals surface area contributed by atoms with Crippen molar-refractivity contribution in [1.29, 1.82) is 0 Å². The number of hydrazine groups is 2. The number of hydrogen-bond acceptors (Lipinski definition) is 6. The highest BCUT2D eigenvalue weighted by atomic mass is 15.6. The van der Waals surface area contributed by atoms with Crippen LogP contribution in [-0.4, -0.2) is 29.4 Å². The molecule has 0 bridgehead atoms. The monoisotopic (exact) mass is 408 g/mol. The van der Waals surface area contributed by atoms with Gasteiger partial charge in [0.05, 0.1) is 11.7 Å². The molecule has 6 heteroatoms. The Morgan fingerprint density at radius 1 is 1.13 bits per heavy atom.